The van der Waals surface area contributed by atoms with Crippen LogP contribution >= 0.6 is 0 Å². The summed E-state index contributed by atoms with van der Waals surface area (Å²) in [7, 11) is -4.38. The van der Waals surface area contributed by atoms with Crippen LogP contribution in [0.3, 0.4) is 0 Å². The molecule has 0 aliphatic carbocycles. The molecule has 0 rings (SSSR count). The summed E-state index contributed by atoms with van der Waals surface area (Å²) >= 11 is 0. The Morgan fingerprint density at radius 3 is 1.64 bits per heavy atom. The van der Waals surface area contributed by atoms with Crippen molar-refractivity contribution >= 4 is 10.1 Å². The zero-order chi connectivity index (χ0) is 9.12. The lowest BCUT2D eigenvalue weighted by Crippen LogP contribution is -2.44. The molecule has 0 amide bonds. The van der Waals surface area contributed by atoms with Crippen molar-refractivity contribution in [2.45, 2.75) is 18.1 Å². The van der Waals surface area contributed by atoms with Gasteiger partial charge in [-0.1, -0.05) is 6.92 Å². The van der Waals surface area contributed by atoms with Crippen LogP contribution in [0.5, 0.6) is 0 Å². The summed E-state index contributed by atoms with van der Waals surface area (Å²) < 4.78 is 27.9. The van der Waals surface area contributed by atoms with E-state index >= 15 is 0 Å². The number of rotatable bonds is 4. The predicted molar refractivity (Wildman–Crippen MR) is 38.7 cm³/mol. The van der Waals surface area contributed by atoms with Gasteiger partial charge in [0.25, 0.3) is 10.1 Å². The van der Waals surface area contributed by atoms with Crippen molar-refractivity contribution in [3.05, 3.63) is 0 Å². The molecular formula is C5H12O5S. The molecule has 0 aliphatic heterocycles. The van der Waals surface area contributed by atoms with E-state index < -0.39 is 28.1 Å². The van der Waals surface area contributed by atoms with Gasteiger partial charge in [0.2, 0.25) is 0 Å². The Hall–Kier alpha value is -0.170. The van der Waals surface area contributed by atoms with Gasteiger partial charge in [-0.05, 0) is 6.42 Å². The minimum Gasteiger partial charge on any atom is -0.395 e. The van der Waals surface area contributed by atoms with Crippen molar-refractivity contribution in [3.8, 4) is 0 Å². The fraction of sp³-hybridized carbons (Fsp3) is 1.00. The Labute approximate surface area is 65.4 Å². The Kier molecular flexibility index (Phi) is 3.43. The number of aliphatic hydroxyl groups is 2. The zero-order valence-electron chi connectivity index (χ0n) is 6.19. The first kappa shape index (κ1) is 10.8. The monoisotopic (exact) mass is 184 g/mol. The molecule has 0 radical (unpaired) electrons. The van der Waals surface area contributed by atoms with Gasteiger partial charge in [-0.25, -0.2) is 0 Å². The molecule has 0 heterocycles. The van der Waals surface area contributed by atoms with Crippen LogP contribution in [0.4, 0.5) is 0 Å². The van der Waals surface area contributed by atoms with Crippen LogP contribution in [0.15, 0.2) is 0 Å². The summed E-state index contributed by atoms with van der Waals surface area (Å²) in [5, 5.41) is 17.2. The highest BCUT2D eigenvalue weighted by Crippen LogP contribution is 2.18. The van der Waals surface area contributed by atoms with Gasteiger partial charge in [0.1, 0.15) is 4.75 Å². The van der Waals surface area contributed by atoms with E-state index in [1.54, 1.807) is 0 Å². The largest absolute Gasteiger partial charge is 0.395 e. The zero-order valence-corrected chi connectivity index (χ0v) is 7.00. The van der Waals surface area contributed by atoms with Crippen molar-refractivity contribution < 1.29 is 23.2 Å². The van der Waals surface area contributed by atoms with Crippen molar-refractivity contribution in [2.24, 2.45) is 0 Å². The van der Waals surface area contributed by atoms with Crippen LogP contribution in [0.1, 0.15) is 13.3 Å². The molecule has 6 heteroatoms. The average molecular weight is 184 g/mol. The van der Waals surface area contributed by atoms with E-state index in [9.17, 15) is 8.42 Å². The van der Waals surface area contributed by atoms with Crippen LogP contribution in [0.25, 0.3) is 0 Å². The van der Waals surface area contributed by atoms with E-state index in [4.69, 9.17) is 14.8 Å². The van der Waals surface area contributed by atoms with Crippen molar-refractivity contribution in [2.75, 3.05) is 13.2 Å². The van der Waals surface area contributed by atoms with Crippen LogP contribution in [-0.4, -0.2) is 41.1 Å². The van der Waals surface area contributed by atoms with Gasteiger partial charge >= 0.3 is 0 Å². The second-order valence-electron chi connectivity index (χ2n) is 2.33. The highest BCUT2D eigenvalue weighted by Gasteiger charge is 2.40. The molecule has 0 saturated heterocycles. The molecule has 0 aromatic rings. The lowest BCUT2D eigenvalue weighted by atomic mass is 10.1. The maximum absolute atomic E-state index is 10.6. The fourth-order valence-corrected chi connectivity index (χ4v) is 1.31. The first-order valence-corrected chi connectivity index (χ1v) is 4.56. The van der Waals surface area contributed by atoms with Gasteiger partial charge in [0, 0.05) is 0 Å². The Balaban J connectivity index is 4.86. The standard InChI is InChI=1S/C5H12O5S/c1-2-5(3-6,4-7)11(8,9)10/h6-7H,2-4H2,1H3,(H,8,9,10). The lowest BCUT2D eigenvalue weighted by Gasteiger charge is -2.23. The highest BCUT2D eigenvalue weighted by molar-refractivity contribution is 7.87. The molecule has 68 valence electrons. The Bertz CT molecular complexity index is 195. The van der Waals surface area contributed by atoms with E-state index in [1.165, 1.54) is 6.92 Å². The third-order valence-electron chi connectivity index (χ3n) is 1.77. The van der Waals surface area contributed by atoms with Crippen molar-refractivity contribution in [1.82, 2.24) is 0 Å². The maximum atomic E-state index is 10.6. The van der Waals surface area contributed by atoms with Gasteiger partial charge in [0.05, 0.1) is 13.2 Å². The summed E-state index contributed by atoms with van der Waals surface area (Å²) in [5.41, 5.74) is 0. The molecule has 0 spiro atoms. The molecule has 0 aromatic heterocycles. The van der Waals surface area contributed by atoms with Crippen LogP contribution in [0, 0.1) is 0 Å². The van der Waals surface area contributed by atoms with E-state index in [0.717, 1.165) is 0 Å². The second-order valence-corrected chi connectivity index (χ2v) is 4.14. The molecule has 0 aliphatic rings. The second kappa shape index (κ2) is 3.48. The lowest BCUT2D eigenvalue weighted by molar-refractivity contribution is 0.156. The van der Waals surface area contributed by atoms with E-state index in [-0.39, 0.29) is 6.42 Å². The minimum atomic E-state index is -4.38. The van der Waals surface area contributed by atoms with Crippen LogP contribution in [0.2, 0.25) is 0 Å². The van der Waals surface area contributed by atoms with E-state index in [2.05, 4.69) is 0 Å². The molecule has 3 N–H and O–H groups in total. The highest BCUT2D eigenvalue weighted by atomic mass is 32.2. The van der Waals surface area contributed by atoms with Crippen LogP contribution < -0.4 is 0 Å². The van der Waals surface area contributed by atoms with Gasteiger partial charge in [-0.2, -0.15) is 8.42 Å². The number of hydrogen-bond donors (Lipinski definition) is 3. The van der Waals surface area contributed by atoms with Gasteiger partial charge in [-0.3, -0.25) is 4.55 Å². The summed E-state index contributed by atoms with van der Waals surface area (Å²) in [4.78, 5) is 0. The Morgan fingerprint density at radius 2 is 1.64 bits per heavy atom. The minimum absolute atomic E-state index is 0.0289. The fourth-order valence-electron chi connectivity index (χ4n) is 0.619. The third-order valence-corrected chi connectivity index (χ3v) is 3.41. The summed E-state index contributed by atoms with van der Waals surface area (Å²) in [5.74, 6) is 0. The van der Waals surface area contributed by atoms with Gasteiger partial charge in [0.15, 0.2) is 0 Å². The summed E-state index contributed by atoms with van der Waals surface area (Å²) in [6, 6.07) is 0. The Morgan fingerprint density at radius 1 is 1.27 bits per heavy atom. The third kappa shape index (κ3) is 1.90. The van der Waals surface area contributed by atoms with Gasteiger partial charge < -0.3 is 10.2 Å². The first-order valence-electron chi connectivity index (χ1n) is 3.12. The summed E-state index contributed by atoms with van der Waals surface area (Å²) in [6.07, 6.45) is -0.0289. The first-order chi connectivity index (χ1) is 4.93. The molecule has 0 atom stereocenters. The topological polar surface area (TPSA) is 94.8 Å². The molecule has 0 bridgehead atoms. The van der Waals surface area contributed by atoms with Crippen LogP contribution in [-0.2, 0) is 10.1 Å². The molecule has 0 saturated carbocycles. The van der Waals surface area contributed by atoms with E-state index in [0.29, 0.717) is 0 Å². The van der Waals surface area contributed by atoms with E-state index in [1.807, 2.05) is 0 Å². The predicted octanol–water partition coefficient (Wildman–Crippen LogP) is -0.992. The summed E-state index contributed by atoms with van der Waals surface area (Å²) in [6.45, 7) is -0.0993. The average Bonchev–Trinajstić information content (AvgIpc) is 1.90. The number of hydrogen-bond acceptors (Lipinski definition) is 4. The molecule has 0 fully saturated rings. The number of aliphatic hydroxyl groups excluding tert-OH is 2. The maximum Gasteiger partial charge on any atom is 0.275 e. The van der Waals surface area contributed by atoms with Crippen molar-refractivity contribution in [1.29, 1.82) is 0 Å². The molecule has 0 unspecified atom stereocenters. The SMILES string of the molecule is CCC(CO)(CO)S(=O)(=O)O. The quantitative estimate of drug-likeness (QED) is 0.487. The smallest absolute Gasteiger partial charge is 0.275 e. The molecule has 5 nitrogen and oxygen atoms in total. The van der Waals surface area contributed by atoms with Crippen molar-refractivity contribution in [3.63, 3.8) is 0 Å². The van der Waals surface area contributed by atoms with Gasteiger partial charge in [-0.15, -0.1) is 0 Å². The molecule has 0 aromatic carbocycles. The molecular weight excluding hydrogens is 172 g/mol. The normalized spacial score (nSPS) is 13.5. The molecule has 11 heavy (non-hydrogen) atoms.